The van der Waals surface area contributed by atoms with E-state index in [1.165, 1.54) is 50.6 Å². The summed E-state index contributed by atoms with van der Waals surface area (Å²) in [6, 6.07) is 12.3. The Morgan fingerprint density at radius 2 is 1.77 bits per heavy atom. The standard InChI is InChI=1S/C20H31NO/c1-3-5-13-21-17-11-12-18(21)15-19(14-17)22-20(4-2)16-9-7-6-8-10-16/h6-10,17-20H,3-5,11-15H2,1-2H3/t17-,18+,19?,20?. The van der Waals surface area contributed by atoms with Gasteiger partial charge in [0.05, 0.1) is 12.2 Å². The minimum Gasteiger partial charge on any atom is -0.370 e. The van der Waals surface area contributed by atoms with Crippen molar-refractivity contribution in [2.45, 2.75) is 83.1 Å². The monoisotopic (exact) mass is 301 g/mol. The molecule has 0 N–H and O–H groups in total. The van der Waals surface area contributed by atoms with Crippen molar-refractivity contribution < 1.29 is 4.74 Å². The van der Waals surface area contributed by atoms with Gasteiger partial charge in [0.1, 0.15) is 0 Å². The van der Waals surface area contributed by atoms with Gasteiger partial charge in [0, 0.05) is 12.1 Å². The van der Waals surface area contributed by atoms with Crippen LogP contribution in [0.2, 0.25) is 0 Å². The first-order chi connectivity index (χ1) is 10.8. The fourth-order valence-corrected chi connectivity index (χ4v) is 4.35. The first-order valence-electron chi connectivity index (χ1n) is 9.28. The summed E-state index contributed by atoms with van der Waals surface area (Å²) in [4.78, 5) is 2.78. The lowest BCUT2D eigenvalue weighted by Gasteiger charge is -2.40. The van der Waals surface area contributed by atoms with E-state index in [4.69, 9.17) is 4.74 Å². The van der Waals surface area contributed by atoms with Crippen LogP contribution in [-0.2, 0) is 4.74 Å². The second-order valence-electron chi connectivity index (χ2n) is 7.01. The van der Waals surface area contributed by atoms with Crippen molar-refractivity contribution in [1.82, 2.24) is 4.90 Å². The van der Waals surface area contributed by atoms with Gasteiger partial charge >= 0.3 is 0 Å². The number of ether oxygens (including phenoxy) is 1. The molecule has 4 atom stereocenters. The smallest absolute Gasteiger partial charge is 0.0826 e. The third-order valence-electron chi connectivity index (χ3n) is 5.51. The number of rotatable bonds is 7. The fraction of sp³-hybridized carbons (Fsp3) is 0.700. The molecular weight excluding hydrogens is 270 g/mol. The van der Waals surface area contributed by atoms with Gasteiger partial charge in [-0.05, 0) is 50.6 Å². The molecule has 22 heavy (non-hydrogen) atoms. The van der Waals surface area contributed by atoms with E-state index in [-0.39, 0.29) is 6.10 Å². The summed E-state index contributed by atoms with van der Waals surface area (Å²) in [7, 11) is 0. The third-order valence-corrected chi connectivity index (χ3v) is 5.51. The Kier molecular flexibility index (Phi) is 5.54. The van der Waals surface area contributed by atoms with Gasteiger partial charge in [0.25, 0.3) is 0 Å². The number of piperidine rings is 1. The van der Waals surface area contributed by atoms with E-state index < -0.39 is 0 Å². The number of hydrogen-bond acceptors (Lipinski definition) is 2. The lowest BCUT2D eigenvalue weighted by atomic mass is 9.98. The maximum Gasteiger partial charge on any atom is 0.0826 e. The lowest BCUT2D eigenvalue weighted by molar-refractivity contribution is -0.0638. The van der Waals surface area contributed by atoms with Crippen molar-refractivity contribution in [3.8, 4) is 0 Å². The Hall–Kier alpha value is -0.860. The zero-order valence-electron chi connectivity index (χ0n) is 14.2. The molecule has 2 aliphatic rings. The Bertz CT molecular complexity index is 432. The molecule has 122 valence electrons. The highest BCUT2D eigenvalue weighted by Crippen LogP contribution is 2.39. The van der Waals surface area contributed by atoms with Gasteiger partial charge < -0.3 is 4.74 Å². The summed E-state index contributed by atoms with van der Waals surface area (Å²) >= 11 is 0. The predicted octanol–water partition coefficient (Wildman–Crippen LogP) is 4.95. The molecule has 2 heteroatoms. The third kappa shape index (κ3) is 3.55. The van der Waals surface area contributed by atoms with Crippen LogP contribution in [0, 0.1) is 0 Å². The molecule has 2 unspecified atom stereocenters. The van der Waals surface area contributed by atoms with Crippen LogP contribution in [-0.4, -0.2) is 29.6 Å². The maximum atomic E-state index is 6.53. The molecule has 0 spiro atoms. The molecule has 2 nitrogen and oxygen atoms in total. The first-order valence-corrected chi connectivity index (χ1v) is 9.28. The van der Waals surface area contributed by atoms with Crippen molar-refractivity contribution in [1.29, 1.82) is 0 Å². The fourth-order valence-electron chi connectivity index (χ4n) is 4.35. The van der Waals surface area contributed by atoms with Gasteiger partial charge in [0.15, 0.2) is 0 Å². The zero-order valence-corrected chi connectivity index (χ0v) is 14.2. The number of benzene rings is 1. The van der Waals surface area contributed by atoms with Crippen LogP contribution < -0.4 is 0 Å². The first kappa shape index (κ1) is 16.0. The van der Waals surface area contributed by atoms with Gasteiger partial charge in [-0.25, -0.2) is 0 Å². The van der Waals surface area contributed by atoms with Gasteiger partial charge in [-0.15, -0.1) is 0 Å². The Balaban J connectivity index is 1.59. The molecule has 0 saturated carbocycles. The lowest BCUT2D eigenvalue weighted by Crippen LogP contribution is -2.46. The van der Waals surface area contributed by atoms with Gasteiger partial charge in [-0.2, -0.15) is 0 Å². The normalized spacial score (nSPS) is 29.6. The van der Waals surface area contributed by atoms with Crippen molar-refractivity contribution in [3.63, 3.8) is 0 Å². The minimum absolute atomic E-state index is 0.271. The van der Waals surface area contributed by atoms with E-state index in [0.29, 0.717) is 6.10 Å². The van der Waals surface area contributed by atoms with E-state index in [1.807, 2.05) is 0 Å². The highest BCUT2D eigenvalue weighted by atomic mass is 16.5. The molecule has 0 radical (unpaired) electrons. The summed E-state index contributed by atoms with van der Waals surface area (Å²) in [5, 5.41) is 0. The van der Waals surface area contributed by atoms with E-state index >= 15 is 0 Å². The summed E-state index contributed by atoms with van der Waals surface area (Å²) in [5.74, 6) is 0. The highest BCUT2D eigenvalue weighted by molar-refractivity contribution is 5.17. The summed E-state index contributed by atoms with van der Waals surface area (Å²) in [6.45, 7) is 5.83. The number of unbranched alkanes of at least 4 members (excludes halogenated alkanes) is 1. The molecule has 2 bridgehead atoms. The predicted molar refractivity (Wildman–Crippen MR) is 92.0 cm³/mol. The van der Waals surface area contributed by atoms with Crippen LogP contribution in [0.3, 0.4) is 0 Å². The average molecular weight is 301 g/mol. The quantitative estimate of drug-likeness (QED) is 0.706. The highest BCUT2D eigenvalue weighted by Gasteiger charge is 2.41. The maximum absolute atomic E-state index is 6.53. The summed E-state index contributed by atoms with van der Waals surface area (Å²) in [5.41, 5.74) is 1.34. The number of nitrogens with zero attached hydrogens (tertiary/aromatic N) is 1. The van der Waals surface area contributed by atoms with Crippen LogP contribution in [0.1, 0.15) is 70.5 Å². The summed E-state index contributed by atoms with van der Waals surface area (Å²) in [6.07, 6.45) is 9.70. The molecular formula is C20H31NO. The molecule has 2 saturated heterocycles. The second-order valence-corrected chi connectivity index (χ2v) is 7.01. The van der Waals surface area contributed by atoms with Crippen molar-refractivity contribution in [3.05, 3.63) is 35.9 Å². The molecule has 2 aliphatic heterocycles. The van der Waals surface area contributed by atoms with Gasteiger partial charge in [0.2, 0.25) is 0 Å². The topological polar surface area (TPSA) is 12.5 Å². The van der Waals surface area contributed by atoms with Crippen molar-refractivity contribution >= 4 is 0 Å². The van der Waals surface area contributed by atoms with Crippen LogP contribution in [0.5, 0.6) is 0 Å². The molecule has 1 aromatic rings. The molecule has 0 amide bonds. The largest absolute Gasteiger partial charge is 0.370 e. The second kappa shape index (κ2) is 7.61. The summed E-state index contributed by atoms with van der Waals surface area (Å²) < 4.78 is 6.53. The minimum atomic E-state index is 0.271. The Morgan fingerprint density at radius 3 is 2.36 bits per heavy atom. The van der Waals surface area contributed by atoms with Crippen molar-refractivity contribution in [2.24, 2.45) is 0 Å². The van der Waals surface area contributed by atoms with Crippen LogP contribution in [0.25, 0.3) is 0 Å². The Labute approximate surface area is 135 Å². The van der Waals surface area contributed by atoms with E-state index in [9.17, 15) is 0 Å². The van der Waals surface area contributed by atoms with E-state index in [2.05, 4.69) is 49.1 Å². The van der Waals surface area contributed by atoms with E-state index in [1.54, 1.807) is 0 Å². The van der Waals surface area contributed by atoms with Crippen LogP contribution in [0.4, 0.5) is 0 Å². The Morgan fingerprint density at radius 1 is 1.09 bits per heavy atom. The SMILES string of the molecule is CCCCN1[C@@H]2CC[C@H]1CC(OC(CC)c1ccccc1)C2. The molecule has 0 aliphatic carbocycles. The van der Waals surface area contributed by atoms with Crippen LogP contribution in [0.15, 0.2) is 30.3 Å². The molecule has 2 heterocycles. The molecule has 3 rings (SSSR count). The molecule has 1 aromatic carbocycles. The van der Waals surface area contributed by atoms with Crippen LogP contribution >= 0.6 is 0 Å². The average Bonchev–Trinajstić information content (AvgIpc) is 2.80. The molecule has 0 aromatic heterocycles. The number of fused-ring (bicyclic) bond motifs is 2. The number of hydrogen-bond donors (Lipinski definition) is 0. The van der Waals surface area contributed by atoms with E-state index in [0.717, 1.165) is 18.5 Å². The zero-order chi connectivity index (χ0) is 15.4. The van der Waals surface area contributed by atoms with Gasteiger partial charge in [-0.1, -0.05) is 50.6 Å². The molecule has 2 fully saturated rings. The van der Waals surface area contributed by atoms with Crippen molar-refractivity contribution in [2.75, 3.05) is 6.54 Å². The van der Waals surface area contributed by atoms with Gasteiger partial charge in [-0.3, -0.25) is 4.90 Å².